The van der Waals surface area contributed by atoms with Crippen molar-refractivity contribution in [2.24, 2.45) is 0 Å². The predicted octanol–water partition coefficient (Wildman–Crippen LogP) is 1.63. The molecule has 33 heavy (non-hydrogen) atoms. The number of Topliss-reactive ketones (excluding diaryl/α,β-unsaturated/α-hetero) is 1. The third-order valence-corrected chi connectivity index (χ3v) is 6.63. The van der Waals surface area contributed by atoms with E-state index in [1.54, 1.807) is 18.2 Å². The molecule has 3 aliphatic rings. The van der Waals surface area contributed by atoms with Crippen molar-refractivity contribution in [2.75, 3.05) is 7.11 Å². The van der Waals surface area contributed by atoms with Crippen molar-refractivity contribution >= 4 is 28.4 Å². The fourth-order valence-corrected chi connectivity index (χ4v) is 5.20. The number of hydrogen-bond acceptors (Lipinski definition) is 9. The fraction of sp³-hybridized carbons (Fsp3) is 0.261. The predicted molar refractivity (Wildman–Crippen MR) is 112 cm³/mol. The minimum atomic E-state index is -2.26. The lowest BCUT2D eigenvalue weighted by atomic mass is 9.73. The molecule has 10 nitrogen and oxygen atoms in total. The van der Waals surface area contributed by atoms with Crippen LogP contribution in [-0.2, 0) is 20.9 Å². The summed E-state index contributed by atoms with van der Waals surface area (Å²) < 4.78 is 17.5. The lowest BCUT2D eigenvalue weighted by Crippen LogP contribution is -2.61. The molecule has 0 bridgehead atoms. The number of rotatable bonds is 1. The Morgan fingerprint density at radius 3 is 2.79 bits per heavy atom. The molecule has 0 radical (unpaired) electrons. The number of phenolic OH excluding ortho intramolecular Hbond substituents is 1. The number of esters is 1. The standard InChI is InChI=1S/C23H17NO9/c1-31-22(30)23-14(26)6-5-12(25)17(23)20(28)16-13(32-23)7-9-8-24-18-10(15(9)19(16)27)3-2-4-11(18)21(29)33-24/h2-4,7,14,26-28H,5-6,8H2,1H3/t14-,23?/m0/s1. The van der Waals surface area contributed by atoms with Gasteiger partial charge in [0, 0.05) is 17.5 Å². The molecular formula is C23H17NO9. The van der Waals surface area contributed by atoms with Crippen LogP contribution in [0, 0.1) is 0 Å². The zero-order valence-electron chi connectivity index (χ0n) is 17.2. The van der Waals surface area contributed by atoms with Crippen LogP contribution in [0.2, 0.25) is 0 Å². The Morgan fingerprint density at radius 1 is 1.24 bits per heavy atom. The van der Waals surface area contributed by atoms with Gasteiger partial charge in [-0.3, -0.25) is 4.79 Å². The van der Waals surface area contributed by atoms with Gasteiger partial charge in [-0.2, -0.15) is 0 Å². The molecule has 0 spiro atoms. The molecule has 3 aromatic rings. The van der Waals surface area contributed by atoms with Crippen LogP contribution in [0.25, 0.3) is 27.8 Å². The van der Waals surface area contributed by atoms with Crippen LogP contribution in [0.1, 0.15) is 24.0 Å². The average molecular weight is 451 g/mol. The molecule has 2 aromatic carbocycles. The largest absolute Gasteiger partial charge is 0.506 e. The quantitative estimate of drug-likeness (QED) is 0.367. The fourth-order valence-electron chi connectivity index (χ4n) is 5.20. The summed E-state index contributed by atoms with van der Waals surface area (Å²) in [6.07, 6.45) is -1.66. The Bertz CT molecular complexity index is 1510. The third-order valence-electron chi connectivity index (χ3n) is 6.63. The second-order valence-corrected chi connectivity index (χ2v) is 8.28. The van der Waals surface area contributed by atoms with Crippen molar-refractivity contribution in [1.82, 2.24) is 4.74 Å². The van der Waals surface area contributed by atoms with Gasteiger partial charge in [-0.25, -0.2) is 14.3 Å². The monoisotopic (exact) mass is 451 g/mol. The maximum Gasteiger partial charge on any atom is 0.365 e. The van der Waals surface area contributed by atoms with Crippen molar-refractivity contribution < 1.29 is 38.9 Å². The van der Waals surface area contributed by atoms with Gasteiger partial charge in [0.05, 0.1) is 30.1 Å². The number of phenols is 1. The molecule has 1 aromatic heterocycles. The van der Waals surface area contributed by atoms with Crippen molar-refractivity contribution in [3.8, 4) is 22.6 Å². The van der Waals surface area contributed by atoms with Gasteiger partial charge in [-0.05, 0) is 24.1 Å². The number of nitrogens with zero attached hydrogens (tertiary/aromatic N) is 1. The van der Waals surface area contributed by atoms with Crippen molar-refractivity contribution in [1.29, 1.82) is 0 Å². The molecular weight excluding hydrogens is 434 g/mol. The molecule has 1 saturated carbocycles. The van der Waals surface area contributed by atoms with E-state index in [0.29, 0.717) is 27.6 Å². The summed E-state index contributed by atoms with van der Waals surface area (Å²) >= 11 is 0. The maximum atomic E-state index is 12.8. The number of methoxy groups -OCH3 is 1. The number of aromatic hydroxyl groups is 1. The van der Waals surface area contributed by atoms with Gasteiger partial charge in [0.25, 0.3) is 5.60 Å². The first-order chi connectivity index (χ1) is 15.8. The van der Waals surface area contributed by atoms with Gasteiger partial charge in [0.1, 0.15) is 28.9 Å². The number of aliphatic hydroxyl groups is 2. The number of hydrogen-bond donors (Lipinski definition) is 3. The molecule has 3 heterocycles. The summed E-state index contributed by atoms with van der Waals surface area (Å²) in [5.74, 6) is -2.80. The lowest BCUT2D eigenvalue weighted by Gasteiger charge is -2.43. The van der Waals surface area contributed by atoms with Gasteiger partial charge in [-0.1, -0.05) is 12.1 Å². The SMILES string of the molecule is COC(=O)C12Oc3cc4c(c(O)c3C(O)=C1C(=O)CC[C@@H]2O)-c1cccc2c(=O)on(c12)C4. The topological polar surface area (TPSA) is 148 Å². The van der Waals surface area contributed by atoms with Gasteiger partial charge >= 0.3 is 11.6 Å². The van der Waals surface area contributed by atoms with E-state index in [-0.39, 0.29) is 36.4 Å². The Kier molecular flexibility index (Phi) is 3.72. The van der Waals surface area contributed by atoms with Crippen LogP contribution in [0.4, 0.5) is 0 Å². The number of aliphatic hydroxyl groups excluding tert-OH is 2. The number of ketones is 1. The summed E-state index contributed by atoms with van der Waals surface area (Å²) in [5, 5.41) is 33.5. The number of aromatic nitrogens is 1. The molecule has 6 rings (SSSR count). The first-order valence-corrected chi connectivity index (χ1v) is 10.2. The second-order valence-electron chi connectivity index (χ2n) is 8.28. The number of para-hydroxylation sites is 1. The molecule has 1 unspecified atom stereocenters. The zero-order chi connectivity index (χ0) is 23.2. The molecule has 0 amide bonds. The molecule has 10 heteroatoms. The van der Waals surface area contributed by atoms with E-state index >= 15 is 0 Å². The first-order valence-electron chi connectivity index (χ1n) is 10.2. The number of carbonyl (C=O) groups excluding carboxylic acids is 2. The molecule has 3 N–H and O–H groups in total. The molecule has 0 saturated heterocycles. The van der Waals surface area contributed by atoms with Crippen molar-refractivity contribution in [3.63, 3.8) is 0 Å². The van der Waals surface area contributed by atoms with E-state index in [1.807, 2.05) is 0 Å². The highest BCUT2D eigenvalue weighted by Crippen LogP contribution is 2.53. The zero-order valence-corrected chi connectivity index (χ0v) is 17.2. The van der Waals surface area contributed by atoms with Gasteiger partial charge < -0.3 is 29.3 Å². The Balaban J connectivity index is 1.68. The molecule has 1 fully saturated rings. The molecule has 1 aliphatic carbocycles. The van der Waals surface area contributed by atoms with Gasteiger partial charge in [-0.15, -0.1) is 0 Å². The Labute approximate surface area is 184 Å². The van der Waals surface area contributed by atoms with Crippen LogP contribution in [0.3, 0.4) is 0 Å². The van der Waals surface area contributed by atoms with E-state index in [2.05, 4.69) is 0 Å². The number of benzene rings is 2. The van der Waals surface area contributed by atoms with E-state index in [0.717, 1.165) is 7.11 Å². The normalized spacial score (nSPS) is 23.0. The highest BCUT2D eigenvalue weighted by atomic mass is 16.6. The molecule has 2 aliphatic heterocycles. The van der Waals surface area contributed by atoms with Crippen LogP contribution in [0.5, 0.6) is 11.5 Å². The van der Waals surface area contributed by atoms with Crippen LogP contribution < -0.4 is 10.4 Å². The van der Waals surface area contributed by atoms with E-state index in [1.165, 1.54) is 10.8 Å². The Morgan fingerprint density at radius 2 is 2.03 bits per heavy atom. The maximum absolute atomic E-state index is 12.8. The highest BCUT2D eigenvalue weighted by molar-refractivity contribution is 6.13. The second kappa shape index (κ2) is 6.26. The summed E-state index contributed by atoms with van der Waals surface area (Å²) in [5.41, 5.74) is -1.62. The first kappa shape index (κ1) is 19.6. The minimum Gasteiger partial charge on any atom is -0.506 e. The Hall–Kier alpha value is -4.05. The van der Waals surface area contributed by atoms with Gasteiger partial charge in [0.15, 0.2) is 5.78 Å². The number of ether oxygens (including phenoxy) is 2. The molecule has 168 valence electrons. The highest BCUT2D eigenvalue weighted by Gasteiger charge is 2.61. The number of fused-ring (bicyclic) bond motifs is 4. The number of carbonyl (C=O) groups is 2. The van der Waals surface area contributed by atoms with Crippen molar-refractivity contribution in [2.45, 2.75) is 31.1 Å². The van der Waals surface area contributed by atoms with Crippen LogP contribution in [0.15, 0.2) is 39.2 Å². The van der Waals surface area contributed by atoms with Crippen LogP contribution in [-0.4, -0.2) is 50.6 Å². The van der Waals surface area contributed by atoms with E-state index in [9.17, 15) is 29.7 Å². The van der Waals surface area contributed by atoms with E-state index in [4.69, 9.17) is 14.0 Å². The minimum absolute atomic E-state index is 0.0688. The lowest BCUT2D eigenvalue weighted by molar-refractivity contribution is -0.169. The average Bonchev–Trinajstić information content (AvgIpc) is 3.11. The van der Waals surface area contributed by atoms with Gasteiger partial charge in [0.2, 0.25) is 0 Å². The smallest absolute Gasteiger partial charge is 0.365 e. The summed E-state index contributed by atoms with van der Waals surface area (Å²) in [6, 6.07) is 6.43. The summed E-state index contributed by atoms with van der Waals surface area (Å²) in [6.45, 7) is 0.0688. The molecule has 2 atom stereocenters. The van der Waals surface area contributed by atoms with Crippen molar-refractivity contribution in [3.05, 3.63) is 51.4 Å². The summed E-state index contributed by atoms with van der Waals surface area (Å²) in [4.78, 5) is 37.8. The van der Waals surface area contributed by atoms with Crippen LogP contribution >= 0.6 is 0 Å². The third kappa shape index (κ3) is 2.23. The summed E-state index contributed by atoms with van der Waals surface area (Å²) in [7, 11) is 1.08. The van der Waals surface area contributed by atoms with E-state index < -0.39 is 40.4 Å².